The molecule has 0 radical (unpaired) electrons. The number of rotatable bonds is 6. The lowest BCUT2D eigenvalue weighted by atomic mass is 10.0. The molecule has 208 valence electrons. The van der Waals surface area contributed by atoms with E-state index in [1.807, 2.05) is 43.3 Å². The summed E-state index contributed by atoms with van der Waals surface area (Å²) in [5.41, 5.74) is 4.51. The van der Waals surface area contributed by atoms with Gasteiger partial charge in [-0.05, 0) is 79.2 Å². The summed E-state index contributed by atoms with van der Waals surface area (Å²) in [7, 11) is 0. The van der Waals surface area contributed by atoms with Gasteiger partial charge in [0.2, 0.25) is 0 Å². The molecule has 1 aliphatic rings. The van der Waals surface area contributed by atoms with Crippen LogP contribution in [0.2, 0.25) is 0 Å². The Morgan fingerprint density at radius 3 is 2.56 bits per heavy atom. The number of hydrogen-bond acceptors (Lipinski definition) is 6. The van der Waals surface area contributed by atoms with Gasteiger partial charge >= 0.3 is 0 Å². The number of carbonyl (C=O) groups is 1. The van der Waals surface area contributed by atoms with Gasteiger partial charge in [-0.1, -0.05) is 18.2 Å². The van der Waals surface area contributed by atoms with Crippen LogP contribution in [0.5, 0.6) is 5.75 Å². The third kappa shape index (κ3) is 5.62. The highest BCUT2D eigenvalue weighted by atomic mass is 19.1. The number of anilines is 1. The van der Waals surface area contributed by atoms with Gasteiger partial charge in [-0.2, -0.15) is 0 Å². The van der Waals surface area contributed by atoms with E-state index in [9.17, 15) is 19.4 Å². The number of para-hydroxylation sites is 1. The molecular weight excluding hydrogens is 521 g/mol. The molecule has 0 bridgehead atoms. The van der Waals surface area contributed by atoms with Gasteiger partial charge in [-0.3, -0.25) is 4.79 Å². The van der Waals surface area contributed by atoms with Crippen molar-refractivity contribution in [2.24, 2.45) is 0 Å². The van der Waals surface area contributed by atoms with Crippen molar-refractivity contribution in [3.63, 3.8) is 0 Å². The van der Waals surface area contributed by atoms with Gasteiger partial charge in [-0.15, -0.1) is 0 Å². The summed E-state index contributed by atoms with van der Waals surface area (Å²) in [5, 5.41) is 24.3. The number of aryl methyl sites for hydroxylation is 1. The molecule has 3 aromatic carbocycles. The maximum absolute atomic E-state index is 14.3. The number of aromatic hydroxyl groups is 1. The molecule has 1 fully saturated rings. The second-order valence-electron chi connectivity index (χ2n) is 10.5. The number of aromatic amines is 1. The Labute approximate surface area is 236 Å². The minimum absolute atomic E-state index is 0.128. The number of aliphatic hydroxyl groups is 1. The van der Waals surface area contributed by atoms with Crippen molar-refractivity contribution in [2.75, 3.05) is 18.0 Å². The van der Waals surface area contributed by atoms with E-state index in [1.54, 1.807) is 24.5 Å². The molecule has 0 saturated carbocycles. The van der Waals surface area contributed by atoms with Gasteiger partial charge in [0.25, 0.3) is 5.91 Å². The number of piperidine rings is 1. The number of nitrogens with zero attached hydrogens (tertiary/aromatic N) is 3. The number of amides is 1. The molecule has 1 amide bonds. The number of fused-ring (bicyclic) bond motifs is 1. The minimum atomic E-state index is -0.840. The maximum atomic E-state index is 14.3. The molecule has 5 aromatic rings. The average Bonchev–Trinajstić information content (AvgIpc) is 3.41. The Balaban J connectivity index is 1.30. The molecular formula is C32H30FN5O3. The number of nitrogens with one attached hydrogen (secondary N) is 2. The normalized spacial score (nSPS) is 14.8. The standard InChI is InChI=1S/C32H30FN5O3/c1-19-12-21(31-34-17-24(18-35-31)38-10-8-25(39)9-11-38)14-22(13-19)32(41)37-30(26-16-23(33)6-7-29(26)40)28-15-20-4-2-3-5-27(20)36-28/h2-7,12-18,25,30,36,39-40H,8-11H2,1H3,(H,37,41)/t30-/m1/s1. The van der Waals surface area contributed by atoms with Gasteiger partial charge < -0.3 is 25.4 Å². The summed E-state index contributed by atoms with van der Waals surface area (Å²) in [6.07, 6.45) is 4.70. The number of halogens is 1. The van der Waals surface area contributed by atoms with Crippen LogP contribution in [-0.4, -0.2) is 50.3 Å². The third-order valence-corrected chi connectivity index (χ3v) is 7.50. The Morgan fingerprint density at radius 2 is 1.80 bits per heavy atom. The molecule has 41 heavy (non-hydrogen) atoms. The Kier molecular flexibility index (Phi) is 7.11. The Morgan fingerprint density at radius 1 is 1.05 bits per heavy atom. The lowest BCUT2D eigenvalue weighted by Crippen LogP contribution is -2.35. The fourth-order valence-electron chi connectivity index (χ4n) is 5.35. The molecule has 4 N–H and O–H groups in total. The predicted molar refractivity (Wildman–Crippen MR) is 155 cm³/mol. The number of aromatic nitrogens is 3. The lowest BCUT2D eigenvalue weighted by Gasteiger charge is -2.30. The van der Waals surface area contributed by atoms with Gasteiger partial charge in [-0.25, -0.2) is 14.4 Å². The first-order valence-corrected chi connectivity index (χ1v) is 13.6. The average molecular weight is 552 g/mol. The molecule has 1 saturated heterocycles. The van der Waals surface area contributed by atoms with Crippen molar-refractivity contribution in [3.05, 3.63) is 107 Å². The van der Waals surface area contributed by atoms with Gasteiger partial charge in [0, 0.05) is 41.0 Å². The van der Waals surface area contributed by atoms with Crippen molar-refractivity contribution in [1.29, 1.82) is 0 Å². The monoisotopic (exact) mass is 551 g/mol. The quantitative estimate of drug-likeness (QED) is 0.229. The first kappa shape index (κ1) is 26.5. The topological polar surface area (TPSA) is 114 Å². The number of carbonyl (C=O) groups excluding carboxylic acids is 1. The van der Waals surface area contributed by atoms with Crippen LogP contribution >= 0.6 is 0 Å². The van der Waals surface area contributed by atoms with Crippen LogP contribution in [0.25, 0.3) is 22.3 Å². The maximum Gasteiger partial charge on any atom is 0.252 e. The van der Waals surface area contributed by atoms with Gasteiger partial charge in [0.1, 0.15) is 11.6 Å². The van der Waals surface area contributed by atoms with Crippen LogP contribution in [0.4, 0.5) is 10.1 Å². The molecule has 8 nitrogen and oxygen atoms in total. The summed E-state index contributed by atoms with van der Waals surface area (Å²) in [6, 6.07) is 17.8. The molecule has 3 heterocycles. The van der Waals surface area contributed by atoms with Crippen LogP contribution in [-0.2, 0) is 0 Å². The van der Waals surface area contributed by atoms with Crippen LogP contribution in [0.1, 0.15) is 46.1 Å². The lowest BCUT2D eigenvalue weighted by molar-refractivity contribution is 0.0942. The largest absolute Gasteiger partial charge is 0.508 e. The fraction of sp³-hybridized carbons (Fsp3) is 0.219. The van der Waals surface area contributed by atoms with E-state index >= 15 is 0 Å². The molecule has 6 rings (SSSR count). The number of H-pyrrole nitrogens is 1. The van der Waals surface area contributed by atoms with E-state index in [0.717, 1.165) is 35.2 Å². The van der Waals surface area contributed by atoms with E-state index in [4.69, 9.17) is 0 Å². The zero-order valence-electron chi connectivity index (χ0n) is 22.5. The van der Waals surface area contributed by atoms with Crippen molar-refractivity contribution in [3.8, 4) is 17.1 Å². The highest BCUT2D eigenvalue weighted by Gasteiger charge is 2.24. The zero-order valence-corrected chi connectivity index (χ0v) is 22.5. The number of aliphatic hydroxyl groups excluding tert-OH is 1. The Hall–Kier alpha value is -4.76. The predicted octanol–water partition coefficient (Wildman–Crippen LogP) is 5.26. The molecule has 0 unspecified atom stereocenters. The number of phenolic OH excluding ortho intramolecular Hbond substituents is 1. The molecule has 1 aliphatic heterocycles. The van der Waals surface area contributed by atoms with Crippen LogP contribution < -0.4 is 10.2 Å². The smallest absolute Gasteiger partial charge is 0.252 e. The summed E-state index contributed by atoms with van der Waals surface area (Å²) in [4.78, 5) is 28.2. The van der Waals surface area contributed by atoms with E-state index in [2.05, 4.69) is 25.2 Å². The zero-order chi connectivity index (χ0) is 28.5. The van der Waals surface area contributed by atoms with Crippen molar-refractivity contribution in [1.82, 2.24) is 20.3 Å². The second kappa shape index (κ2) is 11.0. The van der Waals surface area contributed by atoms with Gasteiger partial charge in [0.15, 0.2) is 5.82 Å². The van der Waals surface area contributed by atoms with Crippen LogP contribution in [0.3, 0.4) is 0 Å². The van der Waals surface area contributed by atoms with Gasteiger partial charge in [0.05, 0.1) is 30.2 Å². The SMILES string of the molecule is Cc1cc(C(=O)N[C@@H](c2cc3ccccc3[nH]2)c2cc(F)ccc2O)cc(-c2ncc(N3CCC(O)CC3)cn2)c1. The minimum Gasteiger partial charge on any atom is -0.508 e. The fourth-order valence-corrected chi connectivity index (χ4v) is 5.35. The van der Waals surface area contributed by atoms with E-state index < -0.39 is 17.8 Å². The molecule has 2 aromatic heterocycles. The first-order valence-electron chi connectivity index (χ1n) is 13.6. The van der Waals surface area contributed by atoms with Crippen LogP contribution in [0.15, 0.2) is 79.1 Å². The highest BCUT2D eigenvalue weighted by molar-refractivity contribution is 5.96. The second-order valence-corrected chi connectivity index (χ2v) is 10.5. The third-order valence-electron chi connectivity index (χ3n) is 7.50. The highest BCUT2D eigenvalue weighted by Crippen LogP contribution is 2.32. The summed E-state index contributed by atoms with van der Waals surface area (Å²) in [5.74, 6) is -0.562. The number of phenols is 1. The van der Waals surface area contributed by atoms with Crippen LogP contribution in [0, 0.1) is 12.7 Å². The summed E-state index contributed by atoms with van der Waals surface area (Å²) >= 11 is 0. The van der Waals surface area contributed by atoms with Crippen molar-refractivity contribution >= 4 is 22.5 Å². The number of benzene rings is 3. The molecule has 1 atom stereocenters. The van der Waals surface area contributed by atoms with E-state index in [1.165, 1.54) is 18.2 Å². The first-order chi connectivity index (χ1) is 19.8. The summed E-state index contributed by atoms with van der Waals surface area (Å²) in [6.45, 7) is 3.38. The summed E-state index contributed by atoms with van der Waals surface area (Å²) < 4.78 is 14.3. The van der Waals surface area contributed by atoms with Crippen molar-refractivity contribution in [2.45, 2.75) is 31.9 Å². The van der Waals surface area contributed by atoms with E-state index in [0.29, 0.717) is 35.5 Å². The van der Waals surface area contributed by atoms with E-state index in [-0.39, 0.29) is 17.4 Å². The van der Waals surface area contributed by atoms with Crippen molar-refractivity contribution < 1.29 is 19.4 Å². The molecule has 9 heteroatoms. The number of hydrogen-bond donors (Lipinski definition) is 4. The molecule has 0 spiro atoms. The Bertz CT molecular complexity index is 1680. The molecule has 0 aliphatic carbocycles.